The first kappa shape index (κ1) is 48.6. The number of aromatic amines is 1. The van der Waals surface area contributed by atoms with Crippen LogP contribution in [0.4, 0.5) is 0 Å². The molecule has 0 bridgehead atoms. The molecule has 1 aromatic heterocycles. The first-order valence-corrected chi connectivity index (χ1v) is 18.0. The molecular formula is C34H58N9O12. The normalized spacial score (nSPS) is 12.4. The van der Waals surface area contributed by atoms with Gasteiger partial charge in [-0.25, -0.2) is 10.7 Å². The number of hydrogen-bond donors (Lipinski definition) is 8. The van der Waals surface area contributed by atoms with E-state index in [1.54, 1.807) is 0 Å². The van der Waals surface area contributed by atoms with Gasteiger partial charge in [0.2, 0.25) is 23.6 Å². The Morgan fingerprint density at radius 1 is 0.818 bits per heavy atom. The molecule has 0 saturated carbocycles. The van der Waals surface area contributed by atoms with Gasteiger partial charge >= 0.3 is 5.97 Å². The number of unbranched alkanes of at least 4 members (excludes halogenated alkanes) is 1. The number of ether oxygens (including phenoxy) is 4. The minimum Gasteiger partial charge on any atom is -0.480 e. The van der Waals surface area contributed by atoms with Crippen molar-refractivity contribution in [1.29, 1.82) is 0 Å². The molecule has 1 heterocycles. The van der Waals surface area contributed by atoms with E-state index >= 15 is 0 Å². The molecule has 21 heteroatoms. The zero-order valence-corrected chi connectivity index (χ0v) is 31.9. The maximum atomic E-state index is 13.0. The molecule has 9 N–H and O–H groups in total. The summed E-state index contributed by atoms with van der Waals surface area (Å²) in [6, 6.07) is -1.98. The third-order valence-electron chi connectivity index (χ3n) is 7.54. The quantitative estimate of drug-likeness (QED) is 0.0321. The molecule has 1 radical (unpaired) electrons. The van der Waals surface area contributed by atoms with Gasteiger partial charge in [-0.2, -0.15) is 0 Å². The largest absolute Gasteiger partial charge is 0.480 e. The van der Waals surface area contributed by atoms with Gasteiger partial charge in [-0.05, 0) is 33.1 Å². The predicted molar refractivity (Wildman–Crippen MR) is 196 cm³/mol. The standard InChI is InChI=1S/C34H58N9O12/c1-24(44)38-8-10-52-12-14-55-22-31(48)40-9-11-53-13-15-54-21-30(47)39-7-5-4-6-27(28(45)18-36-20-32(49)50)41-19-29(46)34(2,3)43-33(51)26(35)16-25-17-37-23-42-25/h17,23,26-27,35-36,41H,4-16,18-22H2,1-3H3,(H,37,42)(H,38,44)(H,39,47)(H,40,48)(H,43,51)(H,49,50)/t26-,27-/m0/s1. The summed E-state index contributed by atoms with van der Waals surface area (Å²) in [5, 5.41) is 24.9. The Hall–Kier alpha value is -4.38. The van der Waals surface area contributed by atoms with Gasteiger partial charge in [-0.15, -0.1) is 0 Å². The molecule has 0 fully saturated rings. The molecular weight excluding hydrogens is 726 g/mol. The van der Waals surface area contributed by atoms with Crippen LogP contribution in [0.3, 0.4) is 0 Å². The first-order chi connectivity index (χ1) is 26.2. The number of nitrogens with zero attached hydrogens (tertiary/aromatic N) is 1. The van der Waals surface area contributed by atoms with Crippen molar-refractivity contribution in [3.05, 3.63) is 18.2 Å². The molecule has 55 heavy (non-hydrogen) atoms. The number of nitrogens with one attached hydrogen (secondary N) is 8. The van der Waals surface area contributed by atoms with Crippen molar-refractivity contribution in [3.63, 3.8) is 0 Å². The van der Waals surface area contributed by atoms with Crippen LogP contribution in [-0.4, -0.2) is 166 Å². The van der Waals surface area contributed by atoms with E-state index in [0.29, 0.717) is 51.3 Å². The average Bonchev–Trinajstić information content (AvgIpc) is 3.64. The fourth-order valence-electron chi connectivity index (χ4n) is 4.54. The Balaban J connectivity index is 2.26. The fourth-order valence-corrected chi connectivity index (χ4v) is 4.54. The van der Waals surface area contributed by atoms with E-state index in [1.165, 1.54) is 33.3 Å². The van der Waals surface area contributed by atoms with E-state index in [2.05, 4.69) is 41.9 Å². The highest BCUT2D eigenvalue weighted by molar-refractivity contribution is 5.95. The monoisotopic (exact) mass is 784 g/mol. The summed E-state index contributed by atoms with van der Waals surface area (Å²) in [5.41, 5.74) is 7.38. The Kier molecular flexibility index (Phi) is 25.6. The second kappa shape index (κ2) is 29.0. The molecule has 0 aliphatic rings. The molecule has 2 atom stereocenters. The van der Waals surface area contributed by atoms with Crippen molar-refractivity contribution < 1.29 is 57.6 Å². The Labute approximate surface area is 320 Å². The number of carboxylic acid groups (broad SMARTS) is 1. The lowest BCUT2D eigenvalue weighted by Gasteiger charge is -2.27. The van der Waals surface area contributed by atoms with Gasteiger partial charge in [0, 0.05) is 44.9 Å². The summed E-state index contributed by atoms with van der Waals surface area (Å²) in [6.45, 7) is 5.65. The Bertz CT molecular complexity index is 1310. The number of carboxylic acids is 1. The molecule has 1 rings (SSSR count). The second-order valence-electron chi connectivity index (χ2n) is 12.8. The number of aliphatic carboxylic acids is 1. The number of Topliss-reactive ketones (excluding diaryl/α,β-unsaturated/α-hetero) is 2. The summed E-state index contributed by atoms with van der Waals surface area (Å²) in [5.74, 6) is -3.33. The van der Waals surface area contributed by atoms with Crippen LogP contribution in [0.5, 0.6) is 0 Å². The van der Waals surface area contributed by atoms with E-state index in [4.69, 9.17) is 29.8 Å². The van der Waals surface area contributed by atoms with Crippen LogP contribution in [-0.2, 0) is 58.9 Å². The van der Waals surface area contributed by atoms with E-state index in [1.807, 2.05) is 0 Å². The van der Waals surface area contributed by atoms with Crippen molar-refractivity contribution in [3.8, 4) is 0 Å². The highest BCUT2D eigenvalue weighted by atomic mass is 16.5. The SMILES string of the molecule is CC(=O)NCCOCCOCC(=O)NCCOCCOCC(=O)NCCCC[C@H](NCC(=O)C(C)(C)NC(=O)[C@@H]([NH])Cc1cnc[nH]1)C(=O)CNCC(=O)O. The van der Waals surface area contributed by atoms with Gasteiger partial charge in [-0.1, -0.05) is 0 Å². The van der Waals surface area contributed by atoms with Crippen molar-refractivity contribution in [2.45, 2.75) is 64.1 Å². The number of rotatable bonds is 34. The molecule has 0 unspecified atom stereocenters. The van der Waals surface area contributed by atoms with Crippen LogP contribution in [0.1, 0.15) is 45.7 Å². The van der Waals surface area contributed by atoms with Gasteiger partial charge < -0.3 is 60.9 Å². The predicted octanol–water partition coefficient (Wildman–Crippen LogP) is -3.13. The number of ketones is 2. The lowest BCUT2D eigenvalue weighted by molar-refractivity contribution is -0.136. The number of imidazole rings is 1. The summed E-state index contributed by atoms with van der Waals surface area (Å²) in [7, 11) is 0. The minimum atomic E-state index is -1.34. The van der Waals surface area contributed by atoms with Gasteiger partial charge in [0.1, 0.15) is 19.3 Å². The van der Waals surface area contributed by atoms with Gasteiger partial charge in [0.05, 0.1) is 77.2 Å². The number of carbonyl (C=O) groups excluding carboxylic acids is 6. The number of amides is 4. The highest BCUT2D eigenvalue weighted by Gasteiger charge is 2.32. The zero-order chi connectivity index (χ0) is 40.9. The molecule has 21 nitrogen and oxygen atoms in total. The Morgan fingerprint density at radius 3 is 2.00 bits per heavy atom. The zero-order valence-electron chi connectivity index (χ0n) is 31.9. The fraction of sp³-hybridized carbons (Fsp3) is 0.706. The molecule has 1 aromatic rings. The molecule has 0 aromatic carbocycles. The molecule has 0 aliphatic heterocycles. The smallest absolute Gasteiger partial charge is 0.317 e. The number of H-pyrrole nitrogens is 1. The number of hydrogen-bond acceptors (Lipinski definition) is 14. The molecule has 4 amide bonds. The first-order valence-electron chi connectivity index (χ1n) is 18.0. The van der Waals surface area contributed by atoms with Crippen molar-refractivity contribution in [1.82, 2.24) is 47.6 Å². The maximum Gasteiger partial charge on any atom is 0.317 e. The molecule has 0 aliphatic carbocycles. The second-order valence-corrected chi connectivity index (χ2v) is 12.8. The summed E-state index contributed by atoms with van der Waals surface area (Å²) >= 11 is 0. The van der Waals surface area contributed by atoms with Crippen LogP contribution in [0.15, 0.2) is 12.5 Å². The van der Waals surface area contributed by atoms with E-state index in [-0.39, 0.29) is 89.2 Å². The van der Waals surface area contributed by atoms with Crippen LogP contribution in [0.25, 0.3) is 0 Å². The summed E-state index contributed by atoms with van der Waals surface area (Å²) in [6.07, 6.45) is 4.31. The van der Waals surface area contributed by atoms with Gasteiger partial charge in [-0.3, -0.25) is 33.6 Å². The average molecular weight is 785 g/mol. The van der Waals surface area contributed by atoms with Crippen molar-refractivity contribution in [2.24, 2.45) is 0 Å². The third kappa shape index (κ3) is 25.4. The van der Waals surface area contributed by atoms with Crippen LogP contribution < -0.4 is 37.6 Å². The summed E-state index contributed by atoms with van der Waals surface area (Å²) < 4.78 is 21.1. The summed E-state index contributed by atoms with van der Waals surface area (Å²) in [4.78, 5) is 90.7. The van der Waals surface area contributed by atoms with Crippen molar-refractivity contribution >= 4 is 41.2 Å². The van der Waals surface area contributed by atoms with E-state index < -0.39 is 41.8 Å². The Morgan fingerprint density at radius 2 is 1.42 bits per heavy atom. The maximum absolute atomic E-state index is 13.0. The lowest BCUT2D eigenvalue weighted by Crippen LogP contribution is -2.56. The molecule has 311 valence electrons. The van der Waals surface area contributed by atoms with Crippen LogP contribution in [0, 0.1) is 0 Å². The third-order valence-corrected chi connectivity index (χ3v) is 7.54. The van der Waals surface area contributed by atoms with Crippen LogP contribution in [0.2, 0.25) is 0 Å². The highest BCUT2D eigenvalue weighted by Crippen LogP contribution is 2.08. The minimum absolute atomic E-state index is 0.0852. The van der Waals surface area contributed by atoms with Crippen molar-refractivity contribution in [2.75, 3.05) is 92.1 Å². The van der Waals surface area contributed by atoms with E-state index in [0.717, 1.165) is 0 Å². The van der Waals surface area contributed by atoms with Gasteiger partial charge in [0.15, 0.2) is 11.6 Å². The topological polar surface area (TPSA) is 301 Å². The molecule has 0 spiro atoms. The van der Waals surface area contributed by atoms with E-state index in [9.17, 15) is 33.6 Å². The lowest BCUT2D eigenvalue weighted by atomic mass is 9.97. The van der Waals surface area contributed by atoms with Gasteiger partial charge in [0.25, 0.3) is 0 Å². The molecule has 0 saturated heterocycles. The number of carbonyl (C=O) groups is 7. The van der Waals surface area contributed by atoms with Crippen LogP contribution >= 0.6 is 0 Å². The number of aromatic nitrogens is 2.